The highest BCUT2D eigenvalue weighted by Crippen LogP contribution is 2.32. The van der Waals surface area contributed by atoms with Crippen molar-refractivity contribution in [2.45, 2.75) is 6.42 Å². The largest absolute Gasteiger partial charge is 0.457 e. The second kappa shape index (κ2) is 10.5. The molecule has 1 aliphatic heterocycles. The van der Waals surface area contributed by atoms with Gasteiger partial charge in [0.15, 0.2) is 18.2 Å². The Morgan fingerprint density at radius 3 is 2.36 bits per heavy atom. The number of hydrogen-bond donors (Lipinski definition) is 0. The van der Waals surface area contributed by atoms with Crippen LogP contribution in [0.4, 0.5) is 11.4 Å². The van der Waals surface area contributed by atoms with Gasteiger partial charge in [-0.25, -0.2) is 0 Å². The average molecular weight is 507 g/mol. The second-order valence-electron chi connectivity index (χ2n) is 8.10. The SMILES string of the molecule is O=C(COC(=O)[C@H]1CC(=O)N(c2ccc(Cl)cc2C(=O)c2ccccc2)C1)c1ccc([N+](=O)[O-])cc1. The Morgan fingerprint density at radius 1 is 1.00 bits per heavy atom. The number of nitro benzene ring substituents is 1. The molecule has 3 aromatic carbocycles. The van der Waals surface area contributed by atoms with Crippen molar-refractivity contribution in [3.63, 3.8) is 0 Å². The van der Waals surface area contributed by atoms with Gasteiger partial charge in [-0.1, -0.05) is 41.9 Å². The van der Waals surface area contributed by atoms with Gasteiger partial charge >= 0.3 is 5.97 Å². The minimum absolute atomic E-state index is 0.0277. The van der Waals surface area contributed by atoms with E-state index >= 15 is 0 Å². The van der Waals surface area contributed by atoms with Crippen LogP contribution in [0.1, 0.15) is 32.7 Å². The number of amides is 1. The predicted octanol–water partition coefficient (Wildman–Crippen LogP) is 4.26. The van der Waals surface area contributed by atoms with Crippen LogP contribution in [-0.4, -0.2) is 41.5 Å². The van der Waals surface area contributed by atoms with E-state index in [4.69, 9.17) is 16.3 Å². The highest BCUT2D eigenvalue weighted by atomic mass is 35.5. The Kier molecular flexibility index (Phi) is 7.21. The highest BCUT2D eigenvalue weighted by molar-refractivity contribution is 6.31. The van der Waals surface area contributed by atoms with Gasteiger partial charge in [0.2, 0.25) is 5.91 Å². The quantitative estimate of drug-likeness (QED) is 0.193. The molecule has 182 valence electrons. The number of nitrogens with zero attached hydrogens (tertiary/aromatic N) is 2. The molecular weight excluding hydrogens is 488 g/mol. The lowest BCUT2D eigenvalue weighted by molar-refractivity contribution is -0.384. The number of anilines is 1. The summed E-state index contributed by atoms with van der Waals surface area (Å²) in [5, 5.41) is 11.1. The molecule has 0 spiro atoms. The molecule has 0 bridgehead atoms. The van der Waals surface area contributed by atoms with Crippen LogP contribution in [0.25, 0.3) is 0 Å². The van der Waals surface area contributed by atoms with Gasteiger partial charge in [-0.2, -0.15) is 0 Å². The summed E-state index contributed by atoms with van der Waals surface area (Å²) in [6, 6.07) is 18.1. The van der Waals surface area contributed by atoms with Gasteiger partial charge in [0.1, 0.15) is 0 Å². The number of nitro groups is 1. The van der Waals surface area contributed by atoms with Crippen LogP contribution in [-0.2, 0) is 14.3 Å². The molecule has 1 amide bonds. The van der Waals surface area contributed by atoms with Crippen LogP contribution in [0.15, 0.2) is 72.8 Å². The Labute approximate surface area is 210 Å². The summed E-state index contributed by atoms with van der Waals surface area (Å²) in [4.78, 5) is 62.3. The fourth-order valence-electron chi connectivity index (χ4n) is 3.88. The zero-order valence-corrected chi connectivity index (χ0v) is 19.5. The molecule has 0 aromatic heterocycles. The van der Waals surface area contributed by atoms with Gasteiger partial charge in [0, 0.05) is 46.8 Å². The molecule has 0 aliphatic carbocycles. The Hall–Kier alpha value is -4.37. The first-order valence-electron chi connectivity index (χ1n) is 10.9. The van der Waals surface area contributed by atoms with E-state index in [9.17, 15) is 29.3 Å². The van der Waals surface area contributed by atoms with Crippen molar-refractivity contribution in [2.75, 3.05) is 18.1 Å². The first-order chi connectivity index (χ1) is 17.2. The fraction of sp³-hybridized carbons (Fsp3) is 0.154. The Bertz CT molecular complexity index is 1360. The Morgan fingerprint density at radius 2 is 1.69 bits per heavy atom. The number of hydrogen-bond acceptors (Lipinski definition) is 7. The van der Waals surface area contributed by atoms with Gasteiger partial charge in [0.25, 0.3) is 5.69 Å². The van der Waals surface area contributed by atoms with Crippen LogP contribution < -0.4 is 4.90 Å². The molecule has 1 fully saturated rings. The van der Waals surface area contributed by atoms with Crippen LogP contribution in [0.3, 0.4) is 0 Å². The maximum atomic E-state index is 13.1. The minimum atomic E-state index is -0.836. The first kappa shape index (κ1) is 24.7. The third-order valence-corrected chi connectivity index (χ3v) is 5.97. The highest BCUT2D eigenvalue weighted by Gasteiger charge is 2.38. The van der Waals surface area contributed by atoms with E-state index in [1.54, 1.807) is 42.5 Å². The van der Waals surface area contributed by atoms with Crippen molar-refractivity contribution in [3.05, 3.63) is 105 Å². The first-order valence-corrected chi connectivity index (χ1v) is 11.3. The van der Waals surface area contributed by atoms with Crippen LogP contribution in [0.2, 0.25) is 5.02 Å². The molecule has 1 saturated heterocycles. The molecule has 0 unspecified atom stereocenters. The third kappa shape index (κ3) is 5.31. The summed E-state index contributed by atoms with van der Waals surface area (Å²) < 4.78 is 5.13. The molecule has 0 saturated carbocycles. The number of ether oxygens (including phenoxy) is 1. The lowest BCUT2D eigenvalue weighted by Crippen LogP contribution is -2.28. The topological polar surface area (TPSA) is 124 Å². The van der Waals surface area contributed by atoms with Crippen LogP contribution in [0, 0.1) is 16.0 Å². The lowest BCUT2D eigenvalue weighted by Gasteiger charge is -2.20. The van der Waals surface area contributed by atoms with E-state index in [2.05, 4.69) is 0 Å². The molecule has 4 rings (SSSR count). The summed E-state index contributed by atoms with van der Waals surface area (Å²) in [5.74, 6) is -2.79. The number of carbonyl (C=O) groups is 4. The number of benzene rings is 3. The molecule has 0 N–H and O–H groups in total. The van der Waals surface area contributed by atoms with E-state index < -0.39 is 29.2 Å². The zero-order chi connectivity index (χ0) is 25.8. The number of ketones is 2. The maximum absolute atomic E-state index is 13.1. The summed E-state index contributed by atoms with van der Waals surface area (Å²) >= 11 is 6.12. The molecule has 10 heteroatoms. The normalized spacial score (nSPS) is 15.0. The summed E-state index contributed by atoms with van der Waals surface area (Å²) in [6.45, 7) is -0.597. The second-order valence-corrected chi connectivity index (χ2v) is 8.53. The lowest BCUT2D eigenvalue weighted by atomic mass is 10.0. The standard InChI is InChI=1S/C26H19ClN2O7/c27-19-8-11-22(21(13-19)25(32)17-4-2-1-3-5-17)28-14-18(12-24(28)31)26(33)36-15-23(30)16-6-9-20(10-7-16)29(34)35/h1-11,13,18H,12,14-15H2/t18-/m0/s1. The van der Waals surface area contributed by atoms with Crippen molar-refractivity contribution >= 4 is 46.4 Å². The van der Waals surface area contributed by atoms with Gasteiger partial charge in [0.05, 0.1) is 16.5 Å². The summed E-state index contributed by atoms with van der Waals surface area (Å²) in [7, 11) is 0. The molecule has 1 atom stereocenters. The number of Topliss-reactive ketones (excluding diaryl/α,β-unsaturated/α-hetero) is 1. The van der Waals surface area contributed by atoms with Gasteiger partial charge in [-0.05, 0) is 30.3 Å². The van der Waals surface area contributed by atoms with E-state index in [-0.39, 0.29) is 41.5 Å². The monoisotopic (exact) mass is 506 g/mol. The van der Waals surface area contributed by atoms with Crippen molar-refractivity contribution in [1.29, 1.82) is 0 Å². The van der Waals surface area contributed by atoms with E-state index in [0.29, 0.717) is 16.3 Å². The maximum Gasteiger partial charge on any atom is 0.311 e. The predicted molar refractivity (Wildman–Crippen MR) is 130 cm³/mol. The van der Waals surface area contributed by atoms with Crippen LogP contribution in [0.5, 0.6) is 0 Å². The third-order valence-electron chi connectivity index (χ3n) is 5.73. The molecule has 9 nitrogen and oxygen atoms in total. The zero-order valence-electron chi connectivity index (χ0n) is 18.8. The summed E-state index contributed by atoms with van der Waals surface area (Å²) in [5.41, 5.74) is 0.969. The fourth-order valence-corrected chi connectivity index (χ4v) is 4.05. The number of rotatable bonds is 8. The van der Waals surface area contributed by atoms with E-state index in [1.807, 2.05) is 0 Å². The van der Waals surface area contributed by atoms with E-state index in [1.165, 1.54) is 35.2 Å². The summed E-state index contributed by atoms with van der Waals surface area (Å²) in [6.07, 6.45) is -0.147. The molecule has 1 heterocycles. The molecule has 1 aliphatic rings. The van der Waals surface area contributed by atoms with Gasteiger partial charge in [-0.15, -0.1) is 0 Å². The number of non-ortho nitro benzene ring substituents is 1. The van der Waals surface area contributed by atoms with Gasteiger partial charge in [-0.3, -0.25) is 29.3 Å². The van der Waals surface area contributed by atoms with Crippen molar-refractivity contribution in [3.8, 4) is 0 Å². The molecule has 36 heavy (non-hydrogen) atoms. The minimum Gasteiger partial charge on any atom is -0.457 e. The molecular formula is C26H19ClN2O7. The molecule has 3 aromatic rings. The molecule has 0 radical (unpaired) electrons. The van der Waals surface area contributed by atoms with Crippen molar-refractivity contribution < 1.29 is 28.8 Å². The van der Waals surface area contributed by atoms with Crippen molar-refractivity contribution in [1.82, 2.24) is 0 Å². The smallest absolute Gasteiger partial charge is 0.311 e. The number of esters is 1. The number of halogens is 1. The Balaban J connectivity index is 1.45. The number of carbonyl (C=O) groups excluding carboxylic acids is 4. The van der Waals surface area contributed by atoms with E-state index in [0.717, 1.165) is 0 Å². The van der Waals surface area contributed by atoms with Gasteiger partial charge < -0.3 is 9.64 Å². The van der Waals surface area contributed by atoms with Crippen LogP contribution >= 0.6 is 11.6 Å². The average Bonchev–Trinajstić information content (AvgIpc) is 3.28. The van der Waals surface area contributed by atoms with Crippen molar-refractivity contribution in [2.24, 2.45) is 5.92 Å².